The highest BCUT2D eigenvalue weighted by molar-refractivity contribution is 6.16. The van der Waals surface area contributed by atoms with E-state index in [1.54, 1.807) is 0 Å². The molecule has 5 nitrogen and oxygen atoms in total. The predicted molar refractivity (Wildman–Crippen MR) is 212 cm³/mol. The number of allylic oxidation sites excluding steroid dienone is 5. The Morgan fingerprint density at radius 3 is 2.47 bits per heavy atom. The van der Waals surface area contributed by atoms with Crippen molar-refractivity contribution in [2.24, 2.45) is 9.98 Å². The van der Waals surface area contributed by atoms with Gasteiger partial charge in [0.05, 0.1) is 6.04 Å². The van der Waals surface area contributed by atoms with E-state index in [-0.39, 0.29) is 17.3 Å². The lowest BCUT2D eigenvalue weighted by Gasteiger charge is -2.34. The molecule has 0 amide bonds. The van der Waals surface area contributed by atoms with E-state index in [4.69, 9.17) is 14.8 Å². The highest BCUT2D eigenvalue weighted by atomic mass is 16.3. The van der Waals surface area contributed by atoms with Gasteiger partial charge in [-0.15, -0.1) is 0 Å². The van der Waals surface area contributed by atoms with Crippen LogP contribution in [0.5, 0.6) is 0 Å². The summed E-state index contributed by atoms with van der Waals surface area (Å²) in [5.41, 5.74) is 10.1. The summed E-state index contributed by atoms with van der Waals surface area (Å²) in [6, 6.07) is 40.2. The molecule has 0 radical (unpaired) electrons. The van der Waals surface area contributed by atoms with E-state index in [9.17, 15) is 0 Å². The highest BCUT2D eigenvalue weighted by Gasteiger charge is 2.46. The molecule has 9 rings (SSSR count). The first-order chi connectivity index (χ1) is 25.1. The molecular formula is C46H36N4O. The minimum Gasteiger partial charge on any atom is -0.455 e. The minimum absolute atomic E-state index is 0.154. The van der Waals surface area contributed by atoms with Crippen LogP contribution >= 0.6 is 0 Å². The van der Waals surface area contributed by atoms with Gasteiger partial charge in [0.1, 0.15) is 17.0 Å². The van der Waals surface area contributed by atoms with Crippen LogP contribution in [0, 0.1) is 5.41 Å². The number of furan rings is 1. The minimum atomic E-state index is -0.154. The maximum absolute atomic E-state index is 8.70. The maximum Gasteiger partial charge on any atom is 0.161 e. The zero-order valence-electron chi connectivity index (χ0n) is 28.3. The van der Waals surface area contributed by atoms with Gasteiger partial charge in [0.2, 0.25) is 0 Å². The van der Waals surface area contributed by atoms with Crippen molar-refractivity contribution in [3.63, 3.8) is 0 Å². The van der Waals surface area contributed by atoms with Gasteiger partial charge in [0.25, 0.3) is 0 Å². The first-order valence-electron chi connectivity index (χ1n) is 17.5. The summed E-state index contributed by atoms with van der Waals surface area (Å²) in [6.07, 6.45) is 18.6. The van der Waals surface area contributed by atoms with Gasteiger partial charge in [-0.25, -0.2) is 9.98 Å². The van der Waals surface area contributed by atoms with Gasteiger partial charge in [-0.05, 0) is 84.5 Å². The number of nitrogens with one attached hydrogen (secondary N) is 1. The Bertz CT molecular complexity index is 2520. The van der Waals surface area contributed by atoms with E-state index in [0.717, 1.165) is 62.6 Å². The lowest BCUT2D eigenvalue weighted by molar-refractivity contribution is 0.551. The SMILES string of the molecule is CC12C=CC=CC1N(c1ccccc1)c1ccc(-c3ccc4c(c3)oc3c(/C=N/C(=N\C(=N)C5=CC=CCC5)c5ccccc5)cccc34)cc12. The van der Waals surface area contributed by atoms with Crippen molar-refractivity contribution in [2.75, 3.05) is 4.90 Å². The maximum atomic E-state index is 8.70. The Morgan fingerprint density at radius 2 is 1.65 bits per heavy atom. The van der Waals surface area contributed by atoms with Crippen molar-refractivity contribution in [3.05, 3.63) is 180 Å². The van der Waals surface area contributed by atoms with Crippen LogP contribution in [0.25, 0.3) is 33.1 Å². The summed E-state index contributed by atoms with van der Waals surface area (Å²) < 4.78 is 6.61. The van der Waals surface area contributed by atoms with Crippen LogP contribution in [-0.4, -0.2) is 23.9 Å². The van der Waals surface area contributed by atoms with Crippen molar-refractivity contribution in [3.8, 4) is 11.1 Å². The van der Waals surface area contributed by atoms with E-state index in [0.29, 0.717) is 5.84 Å². The molecule has 2 unspecified atom stereocenters. The number of benzene rings is 5. The van der Waals surface area contributed by atoms with Gasteiger partial charge in [-0.1, -0.05) is 115 Å². The van der Waals surface area contributed by atoms with Crippen LogP contribution in [0.15, 0.2) is 178 Å². The fraction of sp³-hybridized carbons (Fsp3) is 0.109. The molecule has 5 aromatic carbocycles. The third-order valence-corrected chi connectivity index (χ3v) is 10.4. The monoisotopic (exact) mass is 660 g/mol. The third-order valence-electron chi connectivity index (χ3n) is 10.4. The van der Waals surface area contributed by atoms with Crippen molar-refractivity contribution in [2.45, 2.75) is 31.2 Å². The van der Waals surface area contributed by atoms with Gasteiger partial charge in [0.15, 0.2) is 5.84 Å². The summed E-state index contributed by atoms with van der Waals surface area (Å²) in [4.78, 5) is 12.0. The Hall–Kier alpha value is -6.33. The van der Waals surface area contributed by atoms with Crippen molar-refractivity contribution < 1.29 is 4.42 Å². The molecular weight excluding hydrogens is 625 g/mol. The molecule has 3 aliphatic rings. The molecule has 0 saturated heterocycles. The summed E-state index contributed by atoms with van der Waals surface area (Å²) in [5, 5.41) is 10.8. The first kappa shape index (κ1) is 30.7. The molecule has 246 valence electrons. The molecule has 6 aromatic rings. The van der Waals surface area contributed by atoms with Crippen LogP contribution in [-0.2, 0) is 5.41 Å². The molecule has 1 aromatic heterocycles. The van der Waals surface area contributed by atoms with Crippen molar-refractivity contribution in [1.29, 1.82) is 5.41 Å². The quantitative estimate of drug-likeness (QED) is 0.148. The Morgan fingerprint density at radius 1 is 0.843 bits per heavy atom. The first-order valence-corrected chi connectivity index (χ1v) is 17.5. The molecule has 2 heterocycles. The summed E-state index contributed by atoms with van der Waals surface area (Å²) in [5.74, 6) is 0.734. The Labute approximate surface area is 297 Å². The molecule has 5 heteroatoms. The number of fused-ring (bicyclic) bond motifs is 6. The number of rotatable bonds is 5. The van der Waals surface area contributed by atoms with Crippen LogP contribution < -0.4 is 4.90 Å². The van der Waals surface area contributed by atoms with Gasteiger partial charge in [-0.2, -0.15) is 0 Å². The van der Waals surface area contributed by atoms with Gasteiger partial charge in [0, 0.05) is 44.9 Å². The van der Waals surface area contributed by atoms with Crippen LogP contribution in [0.1, 0.15) is 36.5 Å². The zero-order chi connectivity index (χ0) is 34.4. The lowest BCUT2D eigenvalue weighted by atomic mass is 9.75. The van der Waals surface area contributed by atoms with Crippen LogP contribution in [0.2, 0.25) is 0 Å². The molecule has 1 aliphatic heterocycles. The molecule has 1 N–H and O–H groups in total. The standard InChI is InChI=1S/C46H36N4O/c1-46-27-12-11-22-42(46)50(36-19-9-4-10-20-36)40-26-24-33(28-39(40)46)34-23-25-37-38-21-13-18-35(43(38)51-41(37)29-34)30-48-45(32-16-7-3-8-17-32)49-44(47)31-14-5-2-6-15-31/h2-5,7-14,16-30,42,47H,6,15H2,1H3/b47-44?,48-30+,49-45-. The summed E-state index contributed by atoms with van der Waals surface area (Å²) in [6.45, 7) is 2.34. The number of hydrogen-bond acceptors (Lipinski definition) is 3. The number of amidine groups is 2. The van der Waals surface area contributed by atoms with Gasteiger partial charge in [-0.3, -0.25) is 5.41 Å². The van der Waals surface area contributed by atoms with Crippen LogP contribution in [0.4, 0.5) is 11.4 Å². The van der Waals surface area contributed by atoms with Crippen molar-refractivity contribution >= 4 is 51.2 Å². The van der Waals surface area contributed by atoms with Crippen LogP contribution in [0.3, 0.4) is 0 Å². The van der Waals surface area contributed by atoms with E-state index in [1.807, 2.05) is 60.8 Å². The lowest BCUT2D eigenvalue weighted by Crippen LogP contribution is -2.39. The number of aliphatic imine (C=N–C) groups is 2. The van der Waals surface area contributed by atoms with Crippen molar-refractivity contribution in [1.82, 2.24) is 0 Å². The smallest absolute Gasteiger partial charge is 0.161 e. The second-order valence-corrected chi connectivity index (χ2v) is 13.5. The normalized spacial score (nSPS) is 19.5. The average molecular weight is 661 g/mol. The van der Waals surface area contributed by atoms with E-state index in [1.165, 1.54) is 16.9 Å². The van der Waals surface area contributed by atoms with Gasteiger partial charge < -0.3 is 9.32 Å². The van der Waals surface area contributed by atoms with Gasteiger partial charge >= 0.3 is 0 Å². The third kappa shape index (κ3) is 5.38. The number of nitrogens with zero attached hydrogens (tertiary/aromatic N) is 3. The fourth-order valence-electron chi connectivity index (χ4n) is 7.69. The second-order valence-electron chi connectivity index (χ2n) is 13.5. The molecule has 0 fully saturated rings. The fourth-order valence-corrected chi connectivity index (χ4v) is 7.69. The van der Waals surface area contributed by atoms with E-state index < -0.39 is 0 Å². The largest absolute Gasteiger partial charge is 0.455 e. The molecule has 0 bridgehead atoms. The van der Waals surface area contributed by atoms with E-state index >= 15 is 0 Å². The molecule has 0 spiro atoms. The zero-order valence-corrected chi connectivity index (χ0v) is 28.3. The topological polar surface area (TPSA) is 65.0 Å². The molecule has 2 atom stereocenters. The Balaban J connectivity index is 1.08. The second kappa shape index (κ2) is 12.5. The molecule has 2 aliphatic carbocycles. The average Bonchev–Trinajstić information content (AvgIpc) is 3.69. The number of anilines is 2. The predicted octanol–water partition coefficient (Wildman–Crippen LogP) is 11.3. The summed E-state index contributed by atoms with van der Waals surface area (Å²) in [7, 11) is 0. The molecule has 51 heavy (non-hydrogen) atoms. The summed E-state index contributed by atoms with van der Waals surface area (Å²) >= 11 is 0. The molecule has 0 saturated carbocycles. The number of hydrogen-bond donors (Lipinski definition) is 1. The highest BCUT2D eigenvalue weighted by Crippen LogP contribution is 2.52. The number of para-hydroxylation sites is 2. The van der Waals surface area contributed by atoms with E-state index in [2.05, 4.69) is 120 Å². The Kier molecular flexibility index (Phi) is 7.54.